The number of sulfone groups is 1. The molecule has 0 saturated heterocycles. The van der Waals surface area contributed by atoms with Gasteiger partial charge in [0, 0.05) is 12.4 Å². The van der Waals surface area contributed by atoms with E-state index in [0.29, 0.717) is 18.2 Å². The molecular weight excluding hydrogens is 316 g/mol. The summed E-state index contributed by atoms with van der Waals surface area (Å²) in [7, 11) is -3.16. The van der Waals surface area contributed by atoms with Crippen LogP contribution in [0.4, 0.5) is 0 Å². The fraction of sp³-hybridized carbons (Fsp3) is 0.667. The maximum absolute atomic E-state index is 12.1. The number of rotatable bonds is 6. The van der Waals surface area contributed by atoms with E-state index in [1.807, 2.05) is 0 Å². The Kier molecular flexibility index (Phi) is 5.72. The molecule has 0 aliphatic carbocycles. The van der Waals surface area contributed by atoms with Crippen LogP contribution in [0, 0.1) is 5.92 Å². The molecule has 0 amide bonds. The zero-order valence-corrected chi connectivity index (χ0v) is 13.3. The van der Waals surface area contributed by atoms with Gasteiger partial charge in [-0.1, -0.05) is 20.3 Å². The molecule has 1 heterocycles. The van der Waals surface area contributed by atoms with E-state index in [4.69, 9.17) is 0 Å². The predicted octanol–water partition coefficient (Wildman–Crippen LogP) is 3.15. The average molecular weight is 335 g/mol. The van der Waals surface area contributed by atoms with Crippen LogP contribution in [0.3, 0.4) is 0 Å². The molecule has 0 aliphatic rings. The van der Waals surface area contributed by atoms with Gasteiger partial charge in [0.15, 0.2) is 9.84 Å². The van der Waals surface area contributed by atoms with Crippen LogP contribution in [0.5, 0.6) is 0 Å². The highest BCUT2D eigenvalue weighted by atomic mass is 79.9. The van der Waals surface area contributed by atoms with Crippen molar-refractivity contribution in [2.24, 2.45) is 5.92 Å². The molecule has 0 fully saturated rings. The number of nitrogens with zero attached hydrogens (tertiary/aromatic N) is 2. The molecule has 1 aromatic rings. The Balaban J connectivity index is 2.69. The summed E-state index contributed by atoms with van der Waals surface area (Å²) in [5, 5.41) is -0.641. The lowest BCUT2D eigenvalue weighted by Crippen LogP contribution is -2.17. The maximum atomic E-state index is 12.1. The first-order valence-corrected chi connectivity index (χ1v) is 8.53. The van der Waals surface area contributed by atoms with Crippen molar-refractivity contribution in [3.05, 3.63) is 22.7 Å². The fourth-order valence-electron chi connectivity index (χ4n) is 1.56. The second-order valence-corrected chi connectivity index (χ2v) is 8.16. The van der Waals surface area contributed by atoms with Crippen LogP contribution in [0.1, 0.15) is 44.7 Å². The molecule has 6 heteroatoms. The minimum Gasteiger partial charge on any atom is -0.239 e. The molecule has 1 atom stereocenters. The lowest BCUT2D eigenvalue weighted by molar-refractivity contribution is 0.553. The second-order valence-electron chi connectivity index (χ2n) is 4.80. The first-order valence-electron chi connectivity index (χ1n) is 6.02. The van der Waals surface area contributed by atoms with Crippen molar-refractivity contribution in [1.29, 1.82) is 0 Å². The van der Waals surface area contributed by atoms with E-state index < -0.39 is 15.1 Å². The topological polar surface area (TPSA) is 59.9 Å². The summed E-state index contributed by atoms with van der Waals surface area (Å²) in [6.07, 6.45) is 4.76. The average Bonchev–Trinajstić information content (AvgIpc) is 2.28. The SMILES string of the molecule is CC(C)CCCS(=O)(=O)[C@@H](C)c1ncc(Br)cn1. The van der Waals surface area contributed by atoms with E-state index in [9.17, 15) is 8.42 Å². The van der Waals surface area contributed by atoms with Gasteiger partial charge in [-0.25, -0.2) is 18.4 Å². The highest BCUT2D eigenvalue weighted by Gasteiger charge is 2.24. The molecule has 0 N–H and O–H groups in total. The number of hydrogen-bond donors (Lipinski definition) is 0. The van der Waals surface area contributed by atoms with Crippen LogP contribution in [-0.4, -0.2) is 24.1 Å². The third kappa shape index (κ3) is 4.65. The van der Waals surface area contributed by atoms with Crippen LogP contribution in [0.15, 0.2) is 16.9 Å². The molecule has 18 heavy (non-hydrogen) atoms. The zero-order chi connectivity index (χ0) is 13.8. The van der Waals surface area contributed by atoms with Crippen LogP contribution in [0.2, 0.25) is 0 Å². The quantitative estimate of drug-likeness (QED) is 0.801. The Morgan fingerprint density at radius 1 is 1.22 bits per heavy atom. The smallest absolute Gasteiger partial charge is 0.160 e. The van der Waals surface area contributed by atoms with Gasteiger partial charge in [0.25, 0.3) is 0 Å². The highest BCUT2D eigenvalue weighted by Crippen LogP contribution is 2.21. The van der Waals surface area contributed by atoms with Crippen molar-refractivity contribution in [1.82, 2.24) is 9.97 Å². The van der Waals surface area contributed by atoms with Crippen LogP contribution in [0.25, 0.3) is 0 Å². The molecule has 0 aromatic carbocycles. The van der Waals surface area contributed by atoms with Crippen LogP contribution in [-0.2, 0) is 9.84 Å². The summed E-state index contributed by atoms with van der Waals surface area (Å²) < 4.78 is 25.0. The first-order chi connectivity index (χ1) is 8.33. The fourth-order valence-corrected chi connectivity index (χ4v) is 3.13. The van der Waals surface area contributed by atoms with Gasteiger partial charge in [0.1, 0.15) is 11.1 Å². The summed E-state index contributed by atoms with van der Waals surface area (Å²) >= 11 is 3.23. The molecule has 1 rings (SSSR count). The van der Waals surface area contributed by atoms with E-state index in [1.54, 1.807) is 19.3 Å². The van der Waals surface area contributed by atoms with Gasteiger partial charge in [-0.2, -0.15) is 0 Å². The zero-order valence-electron chi connectivity index (χ0n) is 10.9. The standard InChI is InChI=1S/C12H19BrN2O2S/c1-9(2)5-4-6-18(16,17)10(3)12-14-7-11(13)8-15-12/h7-10H,4-6H2,1-3H3/t10-/m0/s1. The lowest BCUT2D eigenvalue weighted by Gasteiger charge is -2.12. The van der Waals surface area contributed by atoms with Gasteiger partial charge >= 0.3 is 0 Å². The molecule has 4 nitrogen and oxygen atoms in total. The predicted molar refractivity (Wildman–Crippen MR) is 76.0 cm³/mol. The minimum atomic E-state index is -3.16. The Labute approximate surface area is 117 Å². The second kappa shape index (κ2) is 6.61. The Morgan fingerprint density at radius 2 is 1.78 bits per heavy atom. The van der Waals surface area contributed by atoms with Crippen molar-refractivity contribution in [2.75, 3.05) is 5.75 Å². The van der Waals surface area contributed by atoms with Crippen LogP contribution < -0.4 is 0 Å². The summed E-state index contributed by atoms with van der Waals surface area (Å²) in [5.74, 6) is 1.09. The monoisotopic (exact) mass is 334 g/mol. The Morgan fingerprint density at radius 3 is 2.28 bits per heavy atom. The Hall–Kier alpha value is -0.490. The Bertz CT molecular complexity index is 471. The van der Waals surface area contributed by atoms with Gasteiger partial charge < -0.3 is 0 Å². The highest BCUT2D eigenvalue weighted by molar-refractivity contribution is 9.10. The van der Waals surface area contributed by atoms with Crippen molar-refractivity contribution >= 4 is 25.8 Å². The van der Waals surface area contributed by atoms with Gasteiger partial charge in [-0.15, -0.1) is 0 Å². The lowest BCUT2D eigenvalue weighted by atomic mass is 10.1. The maximum Gasteiger partial charge on any atom is 0.160 e. The summed E-state index contributed by atoms with van der Waals surface area (Å²) in [6, 6.07) is 0. The summed E-state index contributed by atoms with van der Waals surface area (Å²) in [5.41, 5.74) is 0. The van der Waals surface area contributed by atoms with Crippen molar-refractivity contribution in [3.8, 4) is 0 Å². The molecular formula is C12H19BrN2O2S. The normalized spacial score (nSPS) is 13.8. The molecule has 1 aromatic heterocycles. The number of halogens is 1. The van der Waals surface area contributed by atoms with E-state index >= 15 is 0 Å². The molecule has 0 radical (unpaired) electrons. The van der Waals surface area contributed by atoms with Gasteiger partial charge in [-0.3, -0.25) is 0 Å². The van der Waals surface area contributed by atoms with Crippen molar-refractivity contribution < 1.29 is 8.42 Å². The first kappa shape index (κ1) is 15.6. The summed E-state index contributed by atoms with van der Waals surface area (Å²) in [6.45, 7) is 5.83. The van der Waals surface area contributed by atoms with Gasteiger partial charge in [0.2, 0.25) is 0 Å². The number of aromatic nitrogens is 2. The van der Waals surface area contributed by atoms with Gasteiger partial charge in [-0.05, 0) is 35.2 Å². The van der Waals surface area contributed by atoms with E-state index in [0.717, 1.165) is 10.9 Å². The third-order valence-corrected chi connectivity index (χ3v) is 5.31. The molecule has 0 aliphatic heterocycles. The number of hydrogen-bond acceptors (Lipinski definition) is 4. The van der Waals surface area contributed by atoms with E-state index in [1.165, 1.54) is 0 Å². The molecule has 0 spiro atoms. The minimum absolute atomic E-state index is 0.200. The molecule has 0 unspecified atom stereocenters. The summed E-state index contributed by atoms with van der Waals surface area (Å²) in [4.78, 5) is 8.10. The van der Waals surface area contributed by atoms with Crippen molar-refractivity contribution in [2.45, 2.75) is 38.9 Å². The van der Waals surface area contributed by atoms with Crippen molar-refractivity contribution in [3.63, 3.8) is 0 Å². The molecule has 102 valence electrons. The van der Waals surface area contributed by atoms with Crippen LogP contribution >= 0.6 is 15.9 Å². The van der Waals surface area contributed by atoms with E-state index in [-0.39, 0.29) is 5.75 Å². The van der Waals surface area contributed by atoms with Gasteiger partial charge in [0.05, 0.1) is 10.2 Å². The van der Waals surface area contributed by atoms with E-state index in [2.05, 4.69) is 39.7 Å². The molecule has 0 saturated carbocycles. The molecule has 0 bridgehead atoms. The third-order valence-electron chi connectivity index (χ3n) is 2.75. The largest absolute Gasteiger partial charge is 0.239 e.